The summed E-state index contributed by atoms with van der Waals surface area (Å²) < 4.78 is 6.75. The molecule has 0 radical (unpaired) electrons. The summed E-state index contributed by atoms with van der Waals surface area (Å²) >= 11 is 0. The number of nitrogens with one attached hydrogen (secondary N) is 1. The summed E-state index contributed by atoms with van der Waals surface area (Å²) in [5, 5.41) is 7.07. The van der Waals surface area contributed by atoms with Gasteiger partial charge in [-0.25, -0.2) is 0 Å². The van der Waals surface area contributed by atoms with E-state index in [4.69, 9.17) is 4.74 Å². The van der Waals surface area contributed by atoms with Crippen LogP contribution in [0.1, 0.15) is 21.6 Å². The molecule has 106 valence electrons. The lowest BCUT2D eigenvalue weighted by molar-refractivity contribution is 0.0953. The monoisotopic (exact) mass is 273 g/mol. The molecule has 0 saturated carbocycles. The van der Waals surface area contributed by atoms with E-state index in [1.807, 2.05) is 31.2 Å². The van der Waals surface area contributed by atoms with Crippen LogP contribution in [-0.2, 0) is 13.5 Å². The van der Waals surface area contributed by atoms with Crippen LogP contribution in [0.15, 0.2) is 30.5 Å². The van der Waals surface area contributed by atoms with Crippen molar-refractivity contribution in [2.45, 2.75) is 13.3 Å². The summed E-state index contributed by atoms with van der Waals surface area (Å²) in [7, 11) is 3.45. The van der Waals surface area contributed by atoms with Gasteiger partial charge in [-0.3, -0.25) is 9.48 Å². The molecular weight excluding hydrogens is 254 g/mol. The third kappa shape index (κ3) is 3.38. The largest absolute Gasteiger partial charge is 0.497 e. The van der Waals surface area contributed by atoms with Gasteiger partial charge in [-0.15, -0.1) is 0 Å². The van der Waals surface area contributed by atoms with Crippen molar-refractivity contribution in [1.82, 2.24) is 15.1 Å². The molecule has 0 fully saturated rings. The molecule has 0 aliphatic heterocycles. The van der Waals surface area contributed by atoms with Crippen LogP contribution in [-0.4, -0.2) is 29.3 Å². The molecule has 1 aromatic carbocycles. The minimum absolute atomic E-state index is 0.0795. The van der Waals surface area contributed by atoms with E-state index in [0.29, 0.717) is 12.1 Å². The van der Waals surface area contributed by atoms with Crippen molar-refractivity contribution in [3.63, 3.8) is 0 Å². The Labute approximate surface area is 118 Å². The maximum absolute atomic E-state index is 12.0. The van der Waals surface area contributed by atoms with Gasteiger partial charge in [0.2, 0.25) is 0 Å². The predicted molar refractivity (Wildman–Crippen MR) is 77.0 cm³/mol. The van der Waals surface area contributed by atoms with Crippen LogP contribution >= 0.6 is 0 Å². The molecule has 0 saturated heterocycles. The predicted octanol–water partition coefficient (Wildman–Crippen LogP) is 1.71. The maximum Gasteiger partial charge on any atom is 0.254 e. The van der Waals surface area contributed by atoms with E-state index in [1.54, 1.807) is 25.0 Å². The Morgan fingerprint density at radius 2 is 2.05 bits per heavy atom. The van der Waals surface area contributed by atoms with E-state index in [0.717, 1.165) is 23.4 Å². The maximum atomic E-state index is 12.0. The molecule has 0 aliphatic rings. The zero-order valence-electron chi connectivity index (χ0n) is 12.0. The van der Waals surface area contributed by atoms with Gasteiger partial charge in [-0.05, 0) is 31.0 Å². The van der Waals surface area contributed by atoms with Crippen molar-refractivity contribution in [1.29, 1.82) is 0 Å². The number of carbonyl (C=O) groups excluding carboxylic acids is 1. The van der Waals surface area contributed by atoms with E-state index in [1.165, 1.54) is 0 Å². The number of aromatic nitrogens is 2. The first kappa shape index (κ1) is 14.1. The lowest BCUT2D eigenvalue weighted by atomic mass is 10.1. The van der Waals surface area contributed by atoms with Crippen molar-refractivity contribution in [3.05, 3.63) is 47.3 Å². The van der Waals surface area contributed by atoms with Gasteiger partial charge in [-0.1, -0.05) is 12.1 Å². The smallest absolute Gasteiger partial charge is 0.254 e. The highest BCUT2D eigenvalue weighted by atomic mass is 16.5. The lowest BCUT2D eigenvalue weighted by Gasteiger charge is -2.05. The fraction of sp³-hybridized carbons (Fsp3) is 0.333. The van der Waals surface area contributed by atoms with E-state index >= 15 is 0 Å². The van der Waals surface area contributed by atoms with Gasteiger partial charge in [0, 0.05) is 19.8 Å². The number of rotatable bonds is 5. The Balaban J connectivity index is 1.86. The van der Waals surface area contributed by atoms with Crippen LogP contribution < -0.4 is 10.1 Å². The van der Waals surface area contributed by atoms with Gasteiger partial charge < -0.3 is 10.1 Å². The van der Waals surface area contributed by atoms with Crippen molar-refractivity contribution in [2.24, 2.45) is 7.05 Å². The summed E-state index contributed by atoms with van der Waals surface area (Å²) in [4.78, 5) is 12.0. The zero-order chi connectivity index (χ0) is 14.5. The third-order valence-electron chi connectivity index (χ3n) is 3.12. The fourth-order valence-corrected chi connectivity index (χ4v) is 2.03. The number of aryl methyl sites for hydroxylation is 2. The molecule has 1 amide bonds. The van der Waals surface area contributed by atoms with Gasteiger partial charge in [0.05, 0.1) is 18.4 Å². The van der Waals surface area contributed by atoms with Gasteiger partial charge in [-0.2, -0.15) is 5.10 Å². The van der Waals surface area contributed by atoms with Gasteiger partial charge >= 0.3 is 0 Å². The molecule has 1 N–H and O–H groups in total. The SMILES string of the molecule is COc1ccc(CCNC(=O)c2cn(C)nc2C)cc1. The number of carbonyl (C=O) groups is 1. The highest BCUT2D eigenvalue weighted by Gasteiger charge is 2.11. The molecule has 0 spiro atoms. The van der Waals surface area contributed by atoms with Crippen LogP contribution in [0, 0.1) is 6.92 Å². The standard InChI is InChI=1S/C15H19N3O2/c1-11-14(10-18(2)17-11)15(19)16-9-8-12-4-6-13(20-3)7-5-12/h4-7,10H,8-9H2,1-3H3,(H,16,19). The zero-order valence-corrected chi connectivity index (χ0v) is 12.0. The van der Waals surface area contributed by atoms with Gasteiger partial charge in [0.25, 0.3) is 5.91 Å². The summed E-state index contributed by atoms with van der Waals surface area (Å²) in [5.74, 6) is 0.757. The van der Waals surface area contributed by atoms with Crippen molar-refractivity contribution >= 4 is 5.91 Å². The molecule has 5 nitrogen and oxygen atoms in total. The molecule has 0 bridgehead atoms. The van der Waals surface area contributed by atoms with Crippen LogP contribution in [0.5, 0.6) is 5.75 Å². The van der Waals surface area contributed by atoms with Crippen LogP contribution in [0.25, 0.3) is 0 Å². The quantitative estimate of drug-likeness (QED) is 0.902. The van der Waals surface area contributed by atoms with E-state index < -0.39 is 0 Å². The molecule has 2 aromatic rings. The molecule has 0 aliphatic carbocycles. The average Bonchev–Trinajstić information content (AvgIpc) is 2.78. The normalized spacial score (nSPS) is 10.3. The number of ether oxygens (including phenoxy) is 1. The van der Waals surface area contributed by atoms with Crippen molar-refractivity contribution < 1.29 is 9.53 Å². The molecule has 0 unspecified atom stereocenters. The molecule has 20 heavy (non-hydrogen) atoms. The second-order valence-electron chi connectivity index (χ2n) is 4.66. The Bertz CT molecular complexity index is 588. The van der Waals surface area contributed by atoms with Crippen LogP contribution in [0.3, 0.4) is 0 Å². The third-order valence-corrected chi connectivity index (χ3v) is 3.12. The summed E-state index contributed by atoms with van der Waals surface area (Å²) in [5.41, 5.74) is 2.53. The van der Waals surface area contributed by atoms with Crippen molar-refractivity contribution in [2.75, 3.05) is 13.7 Å². The Hall–Kier alpha value is -2.30. The fourth-order valence-electron chi connectivity index (χ4n) is 2.03. The minimum atomic E-state index is -0.0795. The number of amides is 1. The summed E-state index contributed by atoms with van der Waals surface area (Å²) in [6, 6.07) is 7.84. The molecule has 2 rings (SSSR count). The molecule has 1 heterocycles. The average molecular weight is 273 g/mol. The van der Waals surface area contributed by atoms with Crippen LogP contribution in [0.2, 0.25) is 0 Å². The highest BCUT2D eigenvalue weighted by Crippen LogP contribution is 2.11. The Morgan fingerprint density at radius 3 is 2.60 bits per heavy atom. The Kier molecular flexibility index (Phi) is 4.40. The molecule has 5 heteroatoms. The number of methoxy groups -OCH3 is 1. The minimum Gasteiger partial charge on any atom is -0.497 e. The summed E-state index contributed by atoms with van der Waals surface area (Å²) in [6.07, 6.45) is 2.52. The molecule has 0 atom stereocenters. The first-order valence-electron chi connectivity index (χ1n) is 6.51. The molecule has 1 aromatic heterocycles. The Morgan fingerprint density at radius 1 is 1.35 bits per heavy atom. The van der Waals surface area contributed by atoms with E-state index in [9.17, 15) is 4.79 Å². The lowest BCUT2D eigenvalue weighted by Crippen LogP contribution is -2.25. The van der Waals surface area contributed by atoms with E-state index in [2.05, 4.69) is 10.4 Å². The topological polar surface area (TPSA) is 56.1 Å². The number of hydrogen-bond acceptors (Lipinski definition) is 3. The number of benzene rings is 1. The van der Waals surface area contributed by atoms with Gasteiger partial charge in [0.1, 0.15) is 5.75 Å². The van der Waals surface area contributed by atoms with Crippen LogP contribution in [0.4, 0.5) is 0 Å². The summed E-state index contributed by atoms with van der Waals surface area (Å²) in [6.45, 7) is 2.43. The second-order valence-corrected chi connectivity index (χ2v) is 4.66. The first-order valence-corrected chi connectivity index (χ1v) is 6.51. The number of nitrogens with zero attached hydrogens (tertiary/aromatic N) is 2. The van der Waals surface area contributed by atoms with Crippen molar-refractivity contribution in [3.8, 4) is 5.75 Å². The first-order chi connectivity index (χ1) is 9.60. The van der Waals surface area contributed by atoms with Gasteiger partial charge in [0.15, 0.2) is 0 Å². The second kappa shape index (κ2) is 6.23. The number of hydrogen-bond donors (Lipinski definition) is 1. The highest BCUT2D eigenvalue weighted by molar-refractivity contribution is 5.94. The molecular formula is C15H19N3O2. The van der Waals surface area contributed by atoms with E-state index in [-0.39, 0.29) is 5.91 Å².